The highest BCUT2D eigenvalue weighted by Gasteiger charge is 2.15. The molecule has 5 nitrogen and oxygen atoms in total. The lowest BCUT2D eigenvalue weighted by molar-refractivity contribution is 0.0528. The average molecular weight is 398 g/mol. The van der Waals surface area contributed by atoms with E-state index in [2.05, 4.69) is 4.98 Å². The highest BCUT2D eigenvalue weighted by atomic mass is 16.5. The van der Waals surface area contributed by atoms with Gasteiger partial charge in [0.25, 0.3) is 0 Å². The highest BCUT2D eigenvalue weighted by Crippen LogP contribution is 2.21. The van der Waals surface area contributed by atoms with Crippen LogP contribution >= 0.6 is 0 Å². The summed E-state index contributed by atoms with van der Waals surface area (Å²) in [7, 11) is 0. The second-order valence-corrected chi connectivity index (χ2v) is 7.15. The van der Waals surface area contributed by atoms with E-state index in [4.69, 9.17) is 4.74 Å². The van der Waals surface area contributed by atoms with Gasteiger partial charge in [0, 0.05) is 29.9 Å². The monoisotopic (exact) mass is 398 g/mol. The zero-order chi connectivity index (χ0) is 21.1. The zero-order valence-corrected chi connectivity index (χ0v) is 17.0. The lowest BCUT2D eigenvalue weighted by atomic mass is 10.1. The van der Waals surface area contributed by atoms with Crippen LogP contribution in [0.2, 0.25) is 0 Å². The van der Waals surface area contributed by atoms with Crippen LogP contribution in [0, 0.1) is 6.92 Å². The smallest absolute Gasteiger partial charge is 0.338 e. The summed E-state index contributed by atoms with van der Waals surface area (Å²) >= 11 is 0. The maximum Gasteiger partial charge on any atom is 0.338 e. The fraction of sp³-hybridized carbons (Fsp3) is 0.160. The van der Waals surface area contributed by atoms with Gasteiger partial charge in [-0.1, -0.05) is 35.9 Å². The Labute approximate surface area is 174 Å². The van der Waals surface area contributed by atoms with Gasteiger partial charge in [0.2, 0.25) is 5.78 Å². The standard InChI is InChI=1S/C25H22N2O3/c1-3-30-25(29)20-6-4-7-22-21(20)14-18(15-26-22)16-27-13-5-8-23(27)24(28)19-11-9-17(2)10-12-19/h4-15H,3,16H2,1-2H3. The van der Waals surface area contributed by atoms with Crippen LogP contribution in [-0.2, 0) is 11.3 Å². The van der Waals surface area contributed by atoms with Crippen molar-refractivity contribution in [3.05, 3.63) is 101 Å². The van der Waals surface area contributed by atoms with E-state index < -0.39 is 0 Å². The minimum atomic E-state index is -0.363. The van der Waals surface area contributed by atoms with Gasteiger partial charge in [-0.25, -0.2) is 4.79 Å². The van der Waals surface area contributed by atoms with Crippen LogP contribution in [0.4, 0.5) is 0 Å². The molecule has 0 aliphatic heterocycles. The molecule has 0 saturated carbocycles. The lowest BCUT2D eigenvalue weighted by Gasteiger charge is -2.11. The molecule has 5 heteroatoms. The fourth-order valence-corrected chi connectivity index (χ4v) is 3.47. The molecular weight excluding hydrogens is 376 g/mol. The summed E-state index contributed by atoms with van der Waals surface area (Å²) in [5.74, 6) is -0.390. The third-order valence-corrected chi connectivity index (χ3v) is 5.01. The SMILES string of the molecule is CCOC(=O)c1cccc2ncc(Cn3cccc3C(=O)c3ccc(C)cc3)cc12. The molecule has 2 aromatic heterocycles. The molecule has 2 aromatic carbocycles. The summed E-state index contributed by atoms with van der Waals surface area (Å²) in [4.78, 5) is 29.8. The third-order valence-electron chi connectivity index (χ3n) is 5.01. The molecule has 4 aromatic rings. The van der Waals surface area contributed by atoms with Gasteiger partial charge in [0.05, 0.1) is 23.4 Å². The van der Waals surface area contributed by atoms with Gasteiger partial charge in [0.15, 0.2) is 0 Å². The molecule has 0 fully saturated rings. The summed E-state index contributed by atoms with van der Waals surface area (Å²) in [6, 6.07) is 18.6. The summed E-state index contributed by atoms with van der Waals surface area (Å²) < 4.78 is 7.07. The van der Waals surface area contributed by atoms with E-state index in [9.17, 15) is 9.59 Å². The normalized spacial score (nSPS) is 10.9. The number of ketones is 1. The Morgan fingerprint density at radius 3 is 2.60 bits per heavy atom. The lowest BCUT2D eigenvalue weighted by Crippen LogP contribution is -2.11. The van der Waals surface area contributed by atoms with Crippen molar-refractivity contribution < 1.29 is 14.3 Å². The number of aryl methyl sites for hydroxylation is 1. The number of rotatable bonds is 6. The third kappa shape index (κ3) is 3.87. The summed E-state index contributed by atoms with van der Waals surface area (Å²) in [5, 5.41) is 0.743. The number of pyridine rings is 1. The van der Waals surface area contributed by atoms with Gasteiger partial charge < -0.3 is 9.30 Å². The van der Waals surface area contributed by atoms with Crippen LogP contribution in [-0.4, -0.2) is 27.9 Å². The number of ether oxygens (including phenoxy) is 1. The first-order chi connectivity index (χ1) is 14.6. The summed E-state index contributed by atoms with van der Waals surface area (Å²) in [6.07, 6.45) is 3.65. The predicted octanol–water partition coefficient (Wildman–Crippen LogP) is 4.80. The number of hydrogen-bond acceptors (Lipinski definition) is 4. The fourth-order valence-electron chi connectivity index (χ4n) is 3.47. The van der Waals surface area contributed by atoms with Crippen molar-refractivity contribution in [2.45, 2.75) is 20.4 Å². The van der Waals surface area contributed by atoms with E-state index >= 15 is 0 Å². The first kappa shape index (κ1) is 19.6. The molecule has 0 unspecified atom stereocenters. The molecule has 0 spiro atoms. The molecule has 0 atom stereocenters. The van der Waals surface area contributed by atoms with Crippen LogP contribution in [0.15, 0.2) is 73.1 Å². The number of fused-ring (bicyclic) bond motifs is 1. The topological polar surface area (TPSA) is 61.2 Å². The van der Waals surface area contributed by atoms with E-state index in [1.54, 1.807) is 25.3 Å². The zero-order valence-electron chi connectivity index (χ0n) is 17.0. The molecule has 0 bridgehead atoms. The van der Waals surface area contributed by atoms with Crippen LogP contribution < -0.4 is 0 Å². The Hall–Kier alpha value is -3.73. The minimum Gasteiger partial charge on any atom is -0.462 e. The number of esters is 1. The second-order valence-electron chi connectivity index (χ2n) is 7.15. The van der Waals surface area contributed by atoms with Crippen molar-refractivity contribution in [3.63, 3.8) is 0 Å². The van der Waals surface area contributed by atoms with Gasteiger partial charge in [-0.05, 0) is 49.7 Å². The molecule has 0 N–H and O–H groups in total. The number of hydrogen-bond donors (Lipinski definition) is 0. The van der Waals surface area contributed by atoms with Gasteiger partial charge in [0.1, 0.15) is 0 Å². The van der Waals surface area contributed by atoms with Gasteiger partial charge in [-0.2, -0.15) is 0 Å². The van der Waals surface area contributed by atoms with Gasteiger partial charge in [-0.3, -0.25) is 9.78 Å². The van der Waals surface area contributed by atoms with E-state index in [0.717, 1.165) is 22.0 Å². The molecule has 2 heterocycles. The second kappa shape index (κ2) is 8.33. The van der Waals surface area contributed by atoms with E-state index in [0.29, 0.717) is 30.0 Å². The molecule has 0 amide bonds. The van der Waals surface area contributed by atoms with E-state index in [-0.39, 0.29) is 11.8 Å². The number of carbonyl (C=O) groups is 2. The van der Waals surface area contributed by atoms with Crippen molar-refractivity contribution in [3.8, 4) is 0 Å². The Morgan fingerprint density at radius 2 is 1.83 bits per heavy atom. The number of nitrogens with zero attached hydrogens (tertiary/aromatic N) is 2. The summed E-state index contributed by atoms with van der Waals surface area (Å²) in [6.45, 7) is 4.57. The molecule has 150 valence electrons. The van der Waals surface area contributed by atoms with Gasteiger partial charge in [-0.15, -0.1) is 0 Å². The largest absolute Gasteiger partial charge is 0.462 e. The minimum absolute atomic E-state index is 0.0269. The molecule has 0 saturated heterocycles. The molecule has 0 radical (unpaired) electrons. The Morgan fingerprint density at radius 1 is 1.03 bits per heavy atom. The van der Waals surface area contributed by atoms with Crippen LogP contribution in [0.5, 0.6) is 0 Å². The van der Waals surface area contributed by atoms with Crippen molar-refractivity contribution >= 4 is 22.7 Å². The quantitative estimate of drug-likeness (QED) is 0.346. The van der Waals surface area contributed by atoms with Crippen LogP contribution in [0.3, 0.4) is 0 Å². The first-order valence-corrected chi connectivity index (χ1v) is 9.88. The molecule has 4 rings (SSSR count). The van der Waals surface area contributed by atoms with Crippen molar-refractivity contribution in [2.75, 3.05) is 6.61 Å². The Bertz CT molecular complexity index is 1220. The Kier molecular flexibility index (Phi) is 5.44. The van der Waals surface area contributed by atoms with Crippen LogP contribution in [0.1, 0.15) is 44.5 Å². The van der Waals surface area contributed by atoms with Gasteiger partial charge >= 0.3 is 5.97 Å². The molecule has 30 heavy (non-hydrogen) atoms. The maximum atomic E-state index is 13.0. The highest BCUT2D eigenvalue weighted by molar-refractivity contribution is 6.08. The molecular formula is C25H22N2O3. The van der Waals surface area contributed by atoms with Crippen LogP contribution in [0.25, 0.3) is 10.9 Å². The van der Waals surface area contributed by atoms with Crippen molar-refractivity contribution in [1.82, 2.24) is 9.55 Å². The first-order valence-electron chi connectivity index (χ1n) is 9.88. The number of aromatic nitrogens is 2. The predicted molar refractivity (Wildman–Crippen MR) is 116 cm³/mol. The number of benzene rings is 2. The van der Waals surface area contributed by atoms with E-state index in [1.165, 1.54) is 0 Å². The average Bonchev–Trinajstić information content (AvgIpc) is 3.21. The maximum absolute atomic E-state index is 13.0. The number of carbonyl (C=O) groups excluding carboxylic acids is 2. The van der Waals surface area contributed by atoms with Crippen molar-refractivity contribution in [2.24, 2.45) is 0 Å². The van der Waals surface area contributed by atoms with Crippen molar-refractivity contribution in [1.29, 1.82) is 0 Å². The summed E-state index contributed by atoms with van der Waals surface area (Å²) in [5.41, 5.74) is 4.49. The van der Waals surface area contributed by atoms with E-state index in [1.807, 2.05) is 66.2 Å². The molecule has 0 aliphatic rings. The molecule has 0 aliphatic carbocycles. The Balaban J connectivity index is 1.66.